The van der Waals surface area contributed by atoms with Crippen LogP contribution in [0.4, 0.5) is 0 Å². The van der Waals surface area contributed by atoms with E-state index in [9.17, 15) is 0 Å². The maximum absolute atomic E-state index is 6.31. The normalized spacial score (nSPS) is 22.0. The summed E-state index contributed by atoms with van der Waals surface area (Å²) < 4.78 is 6.31. The summed E-state index contributed by atoms with van der Waals surface area (Å²) in [5, 5.41) is 0. The van der Waals surface area contributed by atoms with E-state index < -0.39 is 0 Å². The lowest BCUT2D eigenvalue weighted by Crippen LogP contribution is -2.33. The largest absolute Gasteiger partial charge is 0.493 e. The molecule has 0 radical (unpaired) electrons. The van der Waals surface area contributed by atoms with Crippen molar-refractivity contribution in [2.75, 3.05) is 40.3 Å². The van der Waals surface area contributed by atoms with Crippen molar-refractivity contribution in [1.82, 2.24) is 9.80 Å². The van der Waals surface area contributed by atoms with Crippen molar-refractivity contribution in [2.45, 2.75) is 52.0 Å². The number of nitrogens with zero attached hydrogens (tertiary/aromatic N) is 2. The second kappa shape index (κ2) is 7.45. The average Bonchev–Trinajstić information content (AvgIpc) is 2.97. The van der Waals surface area contributed by atoms with Gasteiger partial charge in [-0.2, -0.15) is 0 Å². The lowest BCUT2D eigenvalue weighted by Gasteiger charge is -2.33. The van der Waals surface area contributed by atoms with Gasteiger partial charge in [0.05, 0.1) is 6.61 Å². The van der Waals surface area contributed by atoms with Crippen molar-refractivity contribution in [3.63, 3.8) is 0 Å². The molecule has 1 fully saturated rings. The van der Waals surface area contributed by atoms with Gasteiger partial charge in [0.15, 0.2) is 0 Å². The predicted octanol–water partition coefficient (Wildman–Crippen LogP) is 4.13. The maximum Gasteiger partial charge on any atom is 0.122 e. The Labute approximate surface area is 148 Å². The van der Waals surface area contributed by atoms with Crippen LogP contribution >= 0.6 is 0 Å². The standard InChI is InChI=1S/C21H34N2O/c1-21(2,15-22(3)4)16-24-20-10-8-9-17-18(20)11-12-19(17)23-13-6-5-7-14-23/h8-10,19H,5-7,11-16H2,1-4H3. The first-order valence-corrected chi connectivity index (χ1v) is 9.60. The Morgan fingerprint density at radius 2 is 1.92 bits per heavy atom. The Morgan fingerprint density at radius 3 is 2.62 bits per heavy atom. The number of rotatable bonds is 6. The minimum Gasteiger partial charge on any atom is -0.493 e. The molecule has 0 amide bonds. The Balaban J connectivity index is 1.70. The molecule has 1 heterocycles. The summed E-state index contributed by atoms with van der Waals surface area (Å²) in [7, 11) is 4.26. The SMILES string of the molecule is CN(C)CC(C)(C)COc1cccc2c1CCC2N1CCCCC1. The molecular weight excluding hydrogens is 296 g/mol. The van der Waals surface area contributed by atoms with Crippen LogP contribution in [0.25, 0.3) is 0 Å². The summed E-state index contributed by atoms with van der Waals surface area (Å²) in [5.41, 5.74) is 3.16. The Hall–Kier alpha value is -1.06. The van der Waals surface area contributed by atoms with E-state index in [4.69, 9.17) is 4.74 Å². The summed E-state index contributed by atoms with van der Waals surface area (Å²) in [6.07, 6.45) is 6.55. The van der Waals surface area contributed by atoms with Gasteiger partial charge in [0, 0.05) is 18.0 Å². The lowest BCUT2D eigenvalue weighted by molar-refractivity contribution is 0.140. The molecule has 3 heteroatoms. The van der Waals surface area contributed by atoms with Crippen LogP contribution in [-0.2, 0) is 6.42 Å². The van der Waals surface area contributed by atoms with E-state index in [-0.39, 0.29) is 5.41 Å². The van der Waals surface area contributed by atoms with Crippen LogP contribution in [0.3, 0.4) is 0 Å². The molecule has 2 aliphatic rings. The van der Waals surface area contributed by atoms with Crippen LogP contribution in [0, 0.1) is 5.41 Å². The molecular formula is C21H34N2O. The number of fused-ring (bicyclic) bond motifs is 1. The highest BCUT2D eigenvalue weighted by Crippen LogP contribution is 2.41. The fourth-order valence-corrected chi connectivity index (χ4v) is 4.52. The Bertz CT molecular complexity index is 547. The number of likely N-dealkylation sites (tertiary alicyclic amines) is 1. The predicted molar refractivity (Wildman–Crippen MR) is 101 cm³/mol. The molecule has 1 saturated heterocycles. The first-order valence-electron chi connectivity index (χ1n) is 9.60. The molecule has 0 bridgehead atoms. The topological polar surface area (TPSA) is 15.7 Å². The van der Waals surface area contributed by atoms with Gasteiger partial charge in [-0.15, -0.1) is 0 Å². The van der Waals surface area contributed by atoms with Crippen LogP contribution in [0.1, 0.15) is 56.7 Å². The molecule has 24 heavy (non-hydrogen) atoms. The van der Waals surface area contributed by atoms with Crippen molar-refractivity contribution in [3.05, 3.63) is 29.3 Å². The molecule has 1 aromatic carbocycles. The number of hydrogen-bond donors (Lipinski definition) is 0. The van der Waals surface area contributed by atoms with Gasteiger partial charge in [-0.3, -0.25) is 4.90 Å². The first-order chi connectivity index (χ1) is 11.5. The van der Waals surface area contributed by atoms with Gasteiger partial charge in [-0.25, -0.2) is 0 Å². The van der Waals surface area contributed by atoms with Gasteiger partial charge in [0.2, 0.25) is 0 Å². The molecule has 0 spiro atoms. The van der Waals surface area contributed by atoms with Crippen LogP contribution in [0.15, 0.2) is 18.2 Å². The zero-order chi connectivity index (χ0) is 17.2. The number of hydrogen-bond acceptors (Lipinski definition) is 3. The first kappa shape index (κ1) is 17.8. The summed E-state index contributed by atoms with van der Waals surface area (Å²) in [4.78, 5) is 4.94. The van der Waals surface area contributed by atoms with E-state index in [2.05, 4.69) is 55.9 Å². The van der Waals surface area contributed by atoms with Crippen molar-refractivity contribution >= 4 is 0 Å². The lowest BCUT2D eigenvalue weighted by atomic mass is 9.94. The van der Waals surface area contributed by atoms with Gasteiger partial charge in [-0.1, -0.05) is 32.4 Å². The highest BCUT2D eigenvalue weighted by molar-refractivity contribution is 5.45. The minimum atomic E-state index is 0.164. The molecule has 1 unspecified atom stereocenters. The third-order valence-corrected chi connectivity index (χ3v) is 5.39. The van der Waals surface area contributed by atoms with E-state index in [1.807, 2.05) is 0 Å². The van der Waals surface area contributed by atoms with Crippen molar-refractivity contribution in [3.8, 4) is 5.75 Å². The second-order valence-electron chi connectivity index (χ2n) is 8.67. The molecule has 3 rings (SSSR count). The van der Waals surface area contributed by atoms with Crippen LogP contribution in [0.2, 0.25) is 0 Å². The summed E-state index contributed by atoms with van der Waals surface area (Å²) in [6, 6.07) is 7.32. The monoisotopic (exact) mass is 330 g/mol. The smallest absolute Gasteiger partial charge is 0.122 e. The number of piperidine rings is 1. The molecule has 134 valence electrons. The Kier molecular flexibility index (Phi) is 5.51. The second-order valence-corrected chi connectivity index (χ2v) is 8.67. The van der Waals surface area contributed by atoms with Crippen LogP contribution in [0.5, 0.6) is 5.75 Å². The van der Waals surface area contributed by atoms with Crippen molar-refractivity contribution < 1.29 is 4.74 Å². The molecule has 0 aromatic heterocycles. The third-order valence-electron chi connectivity index (χ3n) is 5.39. The van der Waals surface area contributed by atoms with Crippen LogP contribution < -0.4 is 4.74 Å². The van der Waals surface area contributed by atoms with E-state index in [1.165, 1.54) is 56.3 Å². The van der Waals surface area contributed by atoms with Crippen LogP contribution in [-0.4, -0.2) is 50.1 Å². The molecule has 1 atom stereocenters. The highest BCUT2D eigenvalue weighted by atomic mass is 16.5. The number of ether oxygens (including phenoxy) is 1. The number of benzene rings is 1. The van der Waals surface area contributed by atoms with E-state index >= 15 is 0 Å². The fraction of sp³-hybridized carbons (Fsp3) is 0.714. The van der Waals surface area contributed by atoms with Gasteiger partial charge < -0.3 is 9.64 Å². The molecule has 0 saturated carbocycles. The van der Waals surface area contributed by atoms with Gasteiger partial charge >= 0.3 is 0 Å². The quantitative estimate of drug-likeness (QED) is 0.780. The van der Waals surface area contributed by atoms with Crippen molar-refractivity contribution in [1.29, 1.82) is 0 Å². The van der Waals surface area contributed by atoms with Crippen molar-refractivity contribution in [2.24, 2.45) is 5.41 Å². The minimum absolute atomic E-state index is 0.164. The third kappa shape index (κ3) is 4.12. The van der Waals surface area contributed by atoms with Gasteiger partial charge in [-0.05, 0) is 70.1 Å². The van der Waals surface area contributed by atoms with E-state index in [0.29, 0.717) is 6.04 Å². The summed E-state index contributed by atoms with van der Waals surface area (Å²) >= 11 is 0. The molecule has 1 aliphatic carbocycles. The van der Waals surface area contributed by atoms with E-state index in [1.54, 1.807) is 0 Å². The van der Waals surface area contributed by atoms with Gasteiger partial charge in [0.1, 0.15) is 5.75 Å². The Morgan fingerprint density at radius 1 is 1.17 bits per heavy atom. The maximum atomic E-state index is 6.31. The average molecular weight is 331 g/mol. The van der Waals surface area contributed by atoms with Gasteiger partial charge in [0.25, 0.3) is 0 Å². The van der Waals surface area contributed by atoms with E-state index in [0.717, 1.165) is 18.9 Å². The molecule has 1 aromatic rings. The zero-order valence-corrected chi connectivity index (χ0v) is 16.0. The fourth-order valence-electron chi connectivity index (χ4n) is 4.52. The highest BCUT2D eigenvalue weighted by Gasteiger charge is 2.31. The summed E-state index contributed by atoms with van der Waals surface area (Å²) in [6.45, 7) is 8.92. The molecule has 3 nitrogen and oxygen atoms in total. The summed E-state index contributed by atoms with van der Waals surface area (Å²) in [5.74, 6) is 1.12. The molecule has 0 N–H and O–H groups in total. The zero-order valence-electron chi connectivity index (χ0n) is 16.0. The molecule has 1 aliphatic heterocycles.